The standard InChI is InChI=1S/C14H20N2O/c1-11(3-2-8-17)16-10-12-4-5-13-6-7-15-14(13)9-12/h4-7,9,11,15-17H,2-3,8,10H2,1H3. The number of aromatic amines is 1. The number of rotatable bonds is 6. The van der Waals surface area contributed by atoms with Gasteiger partial charge in [0.05, 0.1) is 0 Å². The SMILES string of the molecule is CC(CCCO)NCc1ccc2cc[nH]c2c1. The largest absolute Gasteiger partial charge is 0.396 e. The second-order valence-electron chi connectivity index (χ2n) is 4.55. The first-order chi connectivity index (χ1) is 8.29. The van der Waals surface area contributed by atoms with Gasteiger partial charge < -0.3 is 15.4 Å². The molecule has 0 amide bonds. The molecule has 1 heterocycles. The Labute approximate surface area is 102 Å². The van der Waals surface area contributed by atoms with Gasteiger partial charge in [0, 0.05) is 30.9 Å². The highest BCUT2D eigenvalue weighted by Gasteiger charge is 2.02. The number of hydrogen-bond donors (Lipinski definition) is 3. The Morgan fingerprint density at radius 3 is 3.06 bits per heavy atom. The third-order valence-corrected chi connectivity index (χ3v) is 3.07. The summed E-state index contributed by atoms with van der Waals surface area (Å²) in [4.78, 5) is 3.22. The zero-order chi connectivity index (χ0) is 12.1. The Hall–Kier alpha value is -1.32. The lowest BCUT2D eigenvalue weighted by Crippen LogP contribution is -2.25. The number of fused-ring (bicyclic) bond motifs is 1. The lowest BCUT2D eigenvalue weighted by Gasteiger charge is -2.13. The molecule has 1 unspecified atom stereocenters. The molecule has 1 aromatic heterocycles. The molecule has 0 radical (unpaired) electrons. The van der Waals surface area contributed by atoms with Crippen LogP contribution in [-0.2, 0) is 6.54 Å². The Kier molecular flexibility index (Phi) is 4.18. The van der Waals surface area contributed by atoms with Gasteiger partial charge in [-0.2, -0.15) is 0 Å². The van der Waals surface area contributed by atoms with Gasteiger partial charge in [-0.15, -0.1) is 0 Å². The maximum atomic E-state index is 8.76. The number of H-pyrrole nitrogens is 1. The Bertz CT molecular complexity index is 464. The van der Waals surface area contributed by atoms with Gasteiger partial charge in [0.15, 0.2) is 0 Å². The Morgan fingerprint density at radius 1 is 1.35 bits per heavy atom. The molecule has 1 atom stereocenters. The number of benzene rings is 1. The topological polar surface area (TPSA) is 48.0 Å². The van der Waals surface area contributed by atoms with Crippen molar-refractivity contribution in [3.63, 3.8) is 0 Å². The molecular weight excluding hydrogens is 212 g/mol. The van der Waals surface area contributed by atoms with Gasteiger partial charge in [0.1, 0.15) is 0 Å². The molecule has 0 fully saturated rings. The molecule has 2 rings (SSSR count). The van der Waals surface area contributed by atoms with Crippen molar-refractivity contribution >= 4 is 10.9 Å². The van der Waals surface area contributed by atoms with Crippen molar-refractivity contribution in [3.8, 4) is 0 Å². The van der Waals surface area contributed by atoms with E-state index in [1.165, 1.54) is 16.5 Å². The number of hydrogen-bond acceptors (Lipinski definition) is 2. The first-order valence-corrected chi connectivity index (χ1v) is 6.20. The normalized spacial score (nSPS) is 13.1. The molecule has 17 heavy (non-hydrogen) atoms. The Balaban J connectivity index is 1.89. The molecule has 0 saturated heterocycles. The predicted molar refractivity (Wildman–Crippen MR) is 70.9 cm³/mol. The summed E-state index contributed by atoms with van der Waals surface area (Å²) in [6.45, 7) is 3.31. The monoisotopic (exact) mass is 232 g/mol. The third kappa shape index (κ3) is 3.32. The molecule has 3 heteroatoms. The van der Waals surface area contributed by atoms with Crippen molar-refractivity contribution < 1.29 is 5.11 Å². The van der Waals surface area contributed by atoms with Gasteiger partial charge in [0.25, 0.3) is 0 Å². The van der Waals surface area contributed by atoms with E-state index >= 15 is 0 Å². The fraction of sp³-hybridized carbons (Fsp3) is 0.429. The molecule has 0 aliphatic heterocycles. The highest BCUT2D eigenvalue weighted by molar-refractivity contribution is 5.79. The zero-order valence-electron chi connectivity index (χ0n) is 10.2. The summed E-state index contributed by atoms with van der Waals surface area (Å²) in [5.41, 5.74) is 2.48. The minimum absolute atomic E-state index is 0.278. The van der Waals surface area contributed by atoms with E-state index in [2.05, 4.69) is 41.5 Å². The second kappa shape index (κ2) is 5.84. The molecule has 3 nitrogen and oxygen atoms in total. The van der Waals surface area contributed by atoms with Crippen LogP contribution >= 0.6 is 0 Å². The van der Waals surface area contributed by atoms with Crippen molar-refractivity contribution in [1.29, 1.82) is 0 Å². The smallest absolute Gasteiger partial charge is 0.0457 e. The summed E-state index contributed by atoms with van der Waals surface area (Å²) in [6, 6.07) is 9.00. The summed E-state index contributed by atoms with van der Waals surface area (Å²) in [7, 11) is 0. The van der Waals surface area contributed by atoms with Crippen LogP contribution in [0.15, 0.2) is 30.5 Å². The number of nitrogens with one attached hydrogen (secondary N) is 2. The molecular formula is C14H20N2O. The van der Waals surface area contributed by atoms with E-state index in [-0.39, 0.29) is 6.61 Å². The molecule has 3 N–H and O–H groups in total. The fourth-order valence-corrected chi connectivity index (χ4v) is 2.00. The molecule has 0 spiro atoms. The van der Waals surface area contributed by atoms with E-state index in [4.69, 9.17) is 5.11 Å². The van der Waals surface area contributed by atoms with Gasteiger partial charge >= 0.3 is 0 Å². The summed E-state index contributed by atoms with van der Waals surface area (Å²) in [6.07, 6.45) is 3.84. The minimum atomic E-state index is 0.278. The van der Waals surface area contributed by atoms with Gasteiger partial charge in [-0.3, -0.25) is 0 Å². The van der Waals surface area contributed by atoms with Gasteiger partial charge in [-0.1, -0.05) is 12.1 Å². The van der Waals surface area contributed by atoms with Crippen molar-refractivity contribution in [2.45, 2.75) is 32.4 Å². The van der Waals surface area contributed by atoms with Crippen LogP contribution in [0.2, 0.25) is 0 Å². The highest BCUT2D eigenvalue weighted by Crippen LogP contribution is 2.14. The van der Waals surface area contributed by atoms with E-state index in [1.54, 1.807) is 0 Å². The first-order valence-electron chi connectivity index (χ1n) is 6.20. The van der Waals surface area contributed by atoms with Gasteiger partial charge in [-0.25, -0.2) is 0 Å². The van der Waals surface area contributed by atoms with E-state index < -0.39 is 0 Å². The summed E-state index contributed by atoms with van der Waals surface area (Å²) < 4.78 is 0. The van der Waals surface area contributed by atoms with E-state index in [0.29, 0.717) is 6.04 Å². The van der Waals surface area contributed by atoms with Crippen LogP contribution in [0.1, 0.15) is 25.3 Å². The van der Waals surface area contributed by atoms with E-state index in [0.717, 1.165) is 19.4 Å². The van der Waals surface area contributed by atoms with Gasteiger partial charge in [-0.05, 0) is 42.8 Å². The van der Waals surface area contributed by atoms with Crippen LogP contribution in [0.5, 0.6) is 0 Å². The maximum absolute atomic E-state index is 8.76. The predicted octanol–water partition coefficient (Wildman–Crippen LogP) is 2.42. The molecule has 2 aromatic rings. The lowest BCUT2D eigenvalue weighted by atomic mass is 10.1. The Morgan fingerprint density at radius 2 is 2.24 bits per heavy atom. The van der Waals surface area contributed by atoms with Crippen molar-refractivity contribution in [2.24, 2.45) is 0 Å². The van der Waals surface area contributed by atoms with Crippen LogP contribution in [0.25, 0.3) is 10.9 Å². The van der Waals surface area contributed by atoms with Crippen LogP contribution in [0, 0.1) is 0 Å². The zero-order valence-corrected chi connectivity index (χ0v) is 10.2. The summed E-state index contributed by atoms with van der Waals surface area (Å²) in [5.74, 6) is 0. The third-order valence-electron chi connectivity index (χ3n) is 3.07. The molecule has 1 aromatic carbocycles. The minimum Gasteiger partial charge on any atom is -0.396 e. The fourth-order valence-electron chi connectivity index (χ4n) is 2.00. The summed E-state index contributed by atoms with van der Waals surface area (Å²) >= 11 is 0. The number of aliphatic hydroxyl groups excluding tert-OH is 1. The van der Waals surface area contributed by atoms with Crippen LogP contribution in [0.4, 0.5) is 0 Å². The lowest BCUT2D eigenvalue weighted by molar-refractivity contribution is 0.276. The van der Waals surface area contributed by atoms with Crippen LogP contribution in [-0.4, -0.2) is 22.7 Å². The van der Waals surface area contributed by atoms with Crippen molar-refractivity contribution in [3.05, 3.63) is 36.0 Å². The average Bonchev–Trinajstić information content (AvgIpc) is 2.81. The number of aliphatic hydroxyl groups is 1. The van der Waals surface area contributed by atoms with Gasteiger partial charge in [0.2, 0.25) is 0 Å². The van der Waals surface area contributed by atoms with Crippen LogP contribution < -0.4 is 5.32 Å². The van der Waals surface area contributed by atoms with Crippen LogP contribution in [0.3, 0.4) is 0 Å². The van der Waals surface area contributed by atoms with Crippen molar-refractivity contribution in [1.82, 2.24) is 10.3 Å². The molecule has 0 bridgehead atoms. The van der Waals surface area contributed by atoms with E-state index in [1.807, 2.05) is 6.20 Å². The second-order valence-corrected chi connectivity index (χ2v) is 4.55. The highest BCUT2D eigenvalue weighted by atomic mass is 16.2. The quantitative estimate of drug-likeness (QED) is 0.716. The molecule has 0 saturated carbocycles. The number of aromatic nitrogens is 1. The molecule has 92 valence electrons. The average molecular weight is 232 g/mol. The maximum Gasteiger partial charge on any atom is 0.0457 e. The van der Waals surface area contributed by atoms with Crippen molar-refractivity contribution in [2.75, 3.05) is 6.61 Å². The molecule has 0 aliphatic rings. The first kappa shape index (κ1) is 12.1. The molecule has 0 aliphatic carbocycles. The van der Waals surface area contributed by atoms with E-state index in [9.17, 15) is 0 Å². The summed E-state index contributed by atoms with van der Waals surface area (Å²) in [5, 5.41) is 13.5.